The van der Waals surface area contributed by atoms with Crippen molar-refractivity contribution in [3.8, 4) is 11.6 Å². The van der Waals surface area contributed by atoms with Crippen molar-refractivity contribution in [1.29, 1.82) is 0 Å². The summed E-state index contributed by atoms with van der Waals surface area (Å²) in [6, 6.07) is 5.84. The van der Waals surface area contributed by atoms with Crippen LogP contribution in [0.1, 0.15) is 39.2 Å². The summed E-state index contributed by atoms with van der Waals surface area (Å²) in [6.07, 6.45) is 5.73. The predicted octanol–water partition coefficient (Wildman–Crippen LogP) is 6.09. The van der Waals surface area contributed by atoms with Gasteiger partial charge < -0.3 is 23.8 Å². The van der Waals surface area contributed by atoms with Crippen molar-refractivity contribution in [2.75, 3.05) is 14.2 Å². The number of pyridine rings is 3. The Labute approximate surface area is 262 Å². The Kier molecular flexibility index (Phi) is 23.2. The summed E-state index contributed by atoms with van der Waals surface area (Å²) in [4.78, 5) is 19.3. The summed E-state index contributed by atoms with van der Waals surface area (Å²) in [5, 5.41) is 0. The third-order valence-electron chi connectivity index (χ3n) is 4.55. The number of aromatic nitrogens is 3. The molecule has 35 heavy (non-hydrogen) atoms. The third kappa shape index (κ3) is 14.3. The second kappa shape index (κ2) is 20.7. The Morgan fingerprint density at radius 2 is 1.37 bits per heavy atom. The predicted molar refractivity (Wildman–Crippen MR) is 152 cm³/mol. The van der Waals surface area contributed by atoms with Crippen molar-refractivity contribution >= 4 is 37.2 Å². The molecule has 3 aromatic heterocycles. The Morgan fingerprint density at radius 1 is 0.800 bits per heavy atom. The zero-order valence-corrected chi connectivity index (χ0v) is 32.1. The van der Waals surface area contributed by atoms with Crippen LogP contribution in [0, 0.1) is 60.9 Å². The Bertz CT molecular complexity index is 1070. The monoisotopic (exact) mass is 1040 g/mol. The van der Waals surface area contributed by atoms with Crippen LogP contribution >= 0.6 is 37.2 Å². The first-order valence-corrected chi connectivity index (χ1v) is 16.4. The first-order valence-electron chi connectivity index (χ1n) is 10.1. The third-order valence-corrected chi connectivity index (χ3v) is 4.55. The minimum absolute atomic E-state index is 0. The maximum atomic E-state index is 11.1. The molecule has 0 unspecified atom stereocenters. The molecule has 3 aromatic rings. The molecule has 10 heteroatoms. The number of hydrogen-bond acceptors (Lipinski definition) is 5. The van der Waals surface area contributed by atoms with Gasteiger partial charge in [0.05, 0.1) is 14.2 Å². The van der Waals surface area contributed by atoms with Crippen molar-refractivity contribution in [3.05, 3.63) is 80.2 Å². The van der Waals surface area contributed by atoms with Gasteiger partial charge >= 0.3 is 0 Å². The fourth-order valence-electron chi connectivity index (χ4n) is 2.79. The molecule has 0 aliphatic heterocycles. The van der Waals surface area contributed by atoms with Crippen LogP contribution in [0.5, 0.6) is 11.6 Å². The number of halogens is 2. The molecule has 0 spiro atoms. The summed E-state index contributed by atoms with van der Waals surface area (Å²) in [6.45, 7) is 13.6. The molecule has 6 nitrogen and oxygen atoms in total. The number of hydrogen-bond donors (Lipinski definition) is 0. The number of aryl methyl sites for hydroxylation is 8. The van der Waals surface area contributed by atoms with Gasteiger partial charge in [-0.15, -0.1) is 17.2 Å². The molecule has 0 aliphatic carbocycles. The van der Waals surface area contributed by atoms with E-state index in [9.17, 15) is 4.79 Å². The van der Waals surface area contributed by atoms with Crippen LogP contribution in [-0.2, 0) is 49.2 Å². The quantitative estimate of drug-likeness (QED) is 0.230. The van der Waals surface area contributed by atoms with E-state index in [2.05, 4.69) is 72.6 Å². The zero-order valence-electron chi connectivity index (χ0n) is 21.9. The van der Waals surface area contributed by atoms with E-state index in [1.54, 1.807) is 21.3 Å². The number of nitrogens with zero attached hydrogens (tertiary/aromatic N) is 3. The number of rotatable bonds is 2. The summed E-state index contributed by atoms with van der Waals surface area (Å²) in [5.41, 5.74) is 7.03. The van der Waals surface area contributed by atoms with Crippen molar-refractivity contribution in [1.82, 2.24) is 14.5 Å². The van der Waals surface area contributed by atoms with Gasteiger partial charge in [-0.2, -0.15) is 6.07 Å². The Hall–Kier alpha value is -0.313. The summed E-state index contributed by atoms with van der Waals surface area (Å²) in [5.74, 6) is 1.56. The van der Waals surface area contributed by atoms with E-state index in [-0.39, 0.29) is 47.7 Å². The molecular weight excluding hydrogens is 1010 g/mol. The van der Waals surface area contributed by atoms with Crippen molar-refractivity contribution in [2.45, 2.75) is 48.5 Å². The van der Waals surface area contributed by atoms with Gasteiger partial charge in [-0.3, -0.25) is 0 Å². The standard InChI is InChI=1S/C9H13NO.2C8H10NO.I2.2W/c1-6-5-7(2)9(11-4)10-8(6)3;1-6-4-8(10-3)7(2)9-5-6;1-6-4-7(2)8(10)9(3)5-6;1-2;;/h5H,1-4H3;2*4H,1-3H3;;;/q;2*-1;;;. The summed E-state index contributed by atoms with van der Waals surface area (Å²) in [7, 11) is 5.00. The summed E-state index contributed by atoms with van der Waals surface area (Å²) < 4.78 is 11.6. The van der Waals surface area contributed by atoms with E-state index in [1.807, 2.05) is 53.7 Å². The Morgan fingerprint density at radius 3 is 1.83 bits per heavy atom. The maximum absolute atomic E-state index is 11.1. The van der Waals surface area contributed by atoms with E-state index in [1.165, 1.54) is 10.1 Å². The minimum atomic E-state index is 0. The van der Waals surface area contributed by atoms with Crippen molar-refractivity contribution < 1.29 is 51.6 Å². The van der Waals surface area contributed by atoms with Gasteiger partial charge in [-0.25, -0.2) is 4.98 Å². The molecule has 0 aromatic carbocycles. The van der Waals surface area contributed by atoms with E-state index < -0.39 is 0 Å². The molecule has 0 N–H and O–H groups in total. The van der Waals surface area contributed by atoms with E-state index >= 15 is 0 Å². The topological polar surface area (TPSA) is 66.2 Å². The molecule has 0 amide bonds. The van der Waals surface area contributed by atoms with Crippen molar-refractivity contribution in [3.63, 3.8) is 0 Å². The molecule has 194 valence electrons. The fourth-order valence-corrected chi connectivity index (χ4v) is 2.79. The van der Waals surface area contributed by atoms with Gasteiger partial charge in [0.1, 0.15) is 5.56 Å². The molecule has 3 rings (SSSR count). The normalized spacial score (nSPS) is 8.80. The maximum Gasteiger partial charge on any atom is 0.216 e. The van der Waals surface area contributed by atoms with Gasteiger partial charge in [0.15, 0.2) is 0 Å². The first-order chi connectivity index (χ1) is 15.5. The van der Waals surface area contributed by atoms with Crippen LogP contribution in [0.4, 0.5) is 0 Å². The largest absolute Gasteiger partial charge is 0.520 e. The molecule has 3 heterocycles. The minimum Gasteiger partial charge on any atom is -0.520 e. The molecule has 0 aliphatic rings. The van der Waals surface area contributed by atoms with Gasteiger partial charge in [-0.1, -0.05) is 45.7 Å². The molecule has 0 atom stereocenters. The number of ether oxygens (including phenoxy) is 2. The first kappa shape index (κ1) is 39.2. The molecule has 0 saturated carbocycles. The second-order valence-electron chi connectivity index (χ2n) is 7.41. The van der Waals surface area contributed by atoms with Gasteiger partial charge in [0, 0.05) is 96.4 Å². The molecule has 0 radical (unpaired) electrons. The average molecular weight is 1050 g/mol. The molecular formula is C25H33I2N3O3W2-2. The molecule has 0 bridgehead atoms. The molecule has 0 saturated heterocycles. The van der Waals surface area contributed by atoms with Crippen LogP contribution < -0.4 is 15.0 Å². The summed E-state index contributed by atoms with van der Waals surface area (Å²) >= 11 is 4.24. The number of methoxy groups -OCH3 is 2. The van der Waals surface area contributed by atoms with Crippen LogP contribution in [0.25, 0.3) is 0 Å². The van der Waals surface area contributed by atoms with E-state index in [4.69, 9.17) is 9.47 Å². The average Bonchev–Trinajstić information content (AvgIpc) is 2.78. The van der Waals surface area contributed by atoms with Crippen molar-refractivity contribution in [2.24, 2.45) is 7.05 Å². The van der Waals surface area contributed by atoms with E-state index in [0.29, 0.717) is 0 Å². The van der Waals surface area contributed by atoms with Gasteiger partial charge in [0.25, 0.3) is 0 Å². The van der Waals surface area contributed by atoms with Crippen LogP contribution in [0.15, 0.2) is 23.0 Å². The smallest absolute Gasteiger partial charge is 0.216 e. The Balaban J connectivity index is -0.000000412. The van der Waals surface area contributed by atoms with E-state index in [0.717, 1.165) is 45.3 Å². The fraction of sp³-hybridized carbons (Fsp3) is 0.400. The second-order valence-corrected chi connectivity index (χ2v) is 7.41. The zero-order chi connectivity index (χ0) is 25.7. The van der Waals surface area contributed by atoms with Gasteiger partial charge in [0.2, 0.25) is 5.88 Å². The van der Waals surface area contributed by atoms with Gasteiger partial charge in [-0.05, 0) is 45.1 Å². The van der Waals surface area contributed by atoms with Crippen LogP contribution in [0.2, 0.25) is 0 Å². The van der Waals surface area contributed by atoms with Crippen LogP contribution in [-0.4, -0.2) is 28.8 Å². The SMILES string of the molecule is COc1cc(C)[c-]nc1C.COc1nc(C)c(C)cc1C.Cc1[c-]n(C)c(=O)c(C)c1.II.[W].[W]. The van der Waals surface area contributed by atoms with Crippen LogP contribution in [0.3, 0.4) is 0 Å². The molecule has 0 fully saturated rings.